The lowest BCUT2D eigenvalue weighted by Gasteiger charge is -2.33. The van der Waals surface area contributed by atoms with Gasteiger partial charge in [-0.3, -0.25) is 14.3 Å². The zero-order chi connectivity index (χ0) is 18.8. The number of rotatable bonds is 3. The quantitative estimate of drug-likeness (QED) is 0.840. The topological polar surface area (TPSA) is 67.7 Å². The minimum atomic E-state index is -0.110. The number of ether oxygens (including phenoxy) is 1. The van der Waals surface area contributed by atoms with Gasteiger partial charge in [0.15, 0.2) is 5.69 Å². The average Bonchev–Trinajstić information content (AvgIpc) is 3.02. The van der Waals surface area contributed by atoms with Gasteiger partial charge in [-0.2, -0.15) is 5.10 Å². The third-order valence-corrected chi connectivity index (χ3v) is 4.74. The Labute approximate surface area is 153 Å². The maximum absolute atomic E-state index is 12.8. The normalized spacial score (nSPS) is 14.5. The standard InChI is InChI=1S/C19H24N4O3/c1-13-5-6-18(26-4)15(11-13)17-12-16(20-21(17)3)19(25)23-9-7-22(8-10-23)14(2)24/h5-6,11-12H,7-10H2,1-4H3. The molecule has 2 aromatic rings. The van der Waals surface area contributed by atoms with Crippen molar-refractivity contribution in [1.82, 2.24) is 19.6 Å². The van der Waals surface area contributed by atoms with E-state index < -0.39 is 0 Å². The van der Waals surface area contributed by atoms with Crippen molar-refractivity contribution in [3.05, 3.63) is 35.5 Å². The minimum Gasteiger partial charge on any atom is -0.496 e. The Morgan fingerprint density at radius 1 is 1.08 bits per heavy atom. The van der Waals surface area contributed by atoms with Crippen LogP contribution in [0.1, 0.15) is 23.0 Å². The highest BCUT2D eigenvalue weighted by Crippen LogP contribution is 2.31. The van der Waals surface area contributed by atoms with E-state index in [9.17, 15) is 9.59 Å². The first-order chi connectivity index (χ1) is 12.4. The van der Waals surface area contributed by atoms with E-state index in [0.29, 0.717) is 31.9 Å². The number of hydrogen-bond acceptors (Lipinski definition) is 4. The van der Waals surface area contributed by atoms with Crippen molar-refractivity contribution in [3.8, 4) is 17.0 Å². The van der Waals surface area contributed by atoms with Gasteiger partial charge in [-0.05, 0) is 25.1 Å². The number of carbonyl (C=O) groups excluding carboxylic acids is 2. The highest BCUT2D eigenvalue weighted by atomic mass is 16.5. The Hall–Kier alpha value is -2.83. The van der Waals surface area contributed by atoms with E-state index in [4.69, 9.17) is 4.74 Å². The van der Waals surface area contributed by atoms with Gasteiger partial charge in [0, 0.05) is 45.7 Å². The molecular formula is C19H24N4O3. The fraction of sp³-hybridized carbons (Fsp3) is 0.421. The number of benzene rings is 1. The van der Waals surface area contributed by atoms with Crippen LogP contribution in [-0.2, 0) is 11.8 Å². The number of piperazine rings is 1. The highest BCUT2D eigenvalue weighted by Gasteiger charge is 2.26. The number of carbonyl (C=O) groups is 2. The Bertz CT molecular complexity index is 835. The minimum absolute atomic E-state index is 0.0452. The first-order valence-electron chi connectivity index (χ1n) is 8.64. The summed E-state index contributed by atoms with van der Waals surface area (Å²) >= 11 is 0. The molecule has 1 saturated heterocycles. The summed E-state index contributed by atoms with van der Waals surface area (Å²) in [5.41, 5.74) is 3.25. The third kappa shape index (κ3) is 3.42. The highest BCUT2D eigenvalue weighted by molar-refractivity contribution is 5.94. The van der Waals surface area contributed by atoms with Gasteiger partial charge >= 0.3 is 0 Å². The van der Waals surface area contributed by atoms with E-state index in [1.807, 2.05) is 32.2 Å². The molecular weight excluding hydrogens is 332 g/mol. The van der Waals surface area contributed by atoms with Crippen molar-refractivity contribution in [2.75, 3.05) is 33.3 Å². The van der Waals surface area contributed by atoms with Crippen LogP contribution in [0, 0.1) is 6.92 Å². The second-order valence-electron chi connectivity index (χ2n) is 6.54. The van der Waals surface area contributed by atoms with Crippen LogP contribution in [0.5, 0.6) is 5.75 Å². The molecule has 0 unspecified atom stereocenters. The van der Waals surface area contributed by atoms with Crippen molar-refractivity contribution in [2.45, 2.75) is 13.8 Å². The first kappa shape index (κ1) is 18.0. The van der Waals surface area contributed by atoms with Crippen molar-refractivity contribution in [2.24, 2.45) is 7.05 Å². The Balaban J connectivity index is 1.84. The number of hydrogen-bond donors (Lipinski definition) is 0. The summed E-state index contributed by atoms with van der Waals surface area (Å²) in [6.45, 7) is 5.74. The first-order valence-corrected chi connectivity index (χ1v) is 8.64. The summed E-state index contributed by atoms with van der Waals surface area (Å²) in [5, 5.41) is 4.41. The average molecular weight is 356 g/mol. The van der Waals surface area contributed by atoms with Crippen LogP contribution in [0.3, 0.4) is 0 Å². The van der Waals surface area contributed by atoms with Crippen molar-refractivity contribution >= 4 is 11.8 Å². The molecule has 138 valence electrons. The molecule has 1 aromatic heterocycles. The van der Waals surface area contributed by atoms with Crippen LogP contribution in [0.15, 0.2) is 24.3 Å². The maximum atomic E-state index is 12.8. The van der Waals surface area contributed by atoms with Gasteiger partial charge in [-0.25, -0.2) is 0 Å². The van der Waals surface area contributed by atoms with Crippen molar-refractivity contribution < 1.29 is 14.3 Å². The van der Waals surface area contributed by atoms with Crippen molar-refractivity contribution in [1.29, 1.82) is 0 Å². The van der Waals surface area contributed by atoms with Crippen LogP contribution in [0.25, 0.3) is 11.3 Å². The summed E-state index contributed by atoms with van der Waals surface area (Å²) in [6, 6.07) is 7.73. The molecule has 1 fully saturated rings. The van der Waals surface area contributed by atoms with E-state index in [-0.39, 0.29) is 11.8 Å². The Morgan fingerprint density at radius 2 is 1.73 bits per heavy atom. The molecule has 0 atom stereocenters. The van der Waals surface area contributed by atoms with Crippen LogP contribution in [0.4, 0.5) is 0 Å². The summed E-state index contributed by atoms with van der Waals surface area (Å²) in [7, 11) is 3.45. The largest absolute Gasteiger partial charge is 0.496 e. The van der Waals surface area contributed by atoms with E-state index >= 15 is 0 Å². The molecule has 1 aliphatic rings. The second-order valence-corrected chi connectivity index (χ2v) is 6.54. The Morgan fingerprint density at radius 3 is 2.35 bits per heavy atom. The summed E-state index contributed by atoms with van der Waals surface area (Å²) in [4.78, 5) is 27.7. The van der Waals surface area contributed by atoms with Gasteiger partial charge in [-0.15, -0.1) is 0 Å². The molecule has 2 amide bonds. The fourth-order valence-corrected chi connectivity index (χ4v) is 3.23. The monoisotopic (exact) mass is 356 g/mol. The van der Waals surface area contributed by atoms with Crippen LogP contribution < -0.4 is 4.74 Å². The molecule has 0 bridgehead atoms. The molecule has 0 N–H and O–H groups in total. The van der Waals surface area contributed by atoms with Gasteiger partial charge in [0.1, 0.15) is 5.75 Å². The summed E-state index contributed by atoms with van der Waals surface area (Å²) in [5.74, 6) is 0.679. The smallest absolute Gasteiger partial charge is 0.274 e. The zero-order valence-corrected chi connectivity index (χ0v) is 15.7. The van der Waals surface area contributed by atoms with Gasteiger partial charge in [-0.1, -0.05) is 11.6 Å². The van der Waals surface area contributed by atoms with E-state index in [2.05, 4.69) is 5.10 Å². The zero-order valence-electron chi connectivity index (χ0n) is 15.7. The van der Waals surface area contributed by atoms with Gasteiger partial charge < -0.3 is 14.5 Å². The lowest BCUT2D eigenvalue weighted by atomic mass is 10.1. The molecule has 0 saturated carbocycles. The number of aryl methyl sites for hydroxylation is 2. The summed E-state index contributed by atoms with van der Waals surface area (Å²) in [6.07, 6.45) is 0. The molecule has 2 heterocycles. The molecule has 7 nitrogen and oxygen atoms in total. The predicted molar refractivity (Wildman–Crippen MR) is 98.1 cm³/mol. The molecule has 1 aromatic carbocycles. The lowest BCUT2D eigenvalue weighted by molar-refractivity contribution is -0.130. The number of aromatic nitrogens is 2. The number of nitrogens with zero attached hydrogens (tertiary/aromatic N) is 4. The van der Waals surface area contributed by atoms with Gasteiger partial charge in [0.2, 0.25) is 5.91 Å². The van der Waals surface area contributed by atoms with E-state index in [1.165, 1.54) is 0 Å². The predicted octanol–water partition coefficient (Wildman–Crippen LogP) is 1.71. The number of methoxy groups -OCH3 is 1. The SMILES string of the molecule is COc1ccc(C)cc1-c1cc(C(=O)N2CCN(C(C)=O)CC2)nn1C. The van der Waals surface area contributed by atoms with Crippen molar-refractivity contribution in [3.63, 3.8) is 0 Å². The van der Waals surface area contributed by atoms with Gasteiger partial charge in [0.05, 0.1) is 12.8 Å². The van der Waals surface area contributed by atoms with Crippen LogP contribution in [0.2, 0.25) is 0 Å². The Kier molecular flexibility index (Phi) is 4.97. The van der Waals surface area contributed by atoms with E-state index in [1.54, 1.807) is 34.6 Å². The third-order valence-electron chi connectivity index (χ3n) is 4.74. The van der Waals surface area contributed by atoms with Crippen LogP contribution in [-0.4, -0.2) is 64.7 Å². The van der Waals surface area contributed by atoms with Gasteiger partial charge in [0.25, 0.3) is 5.91 Å². The van der Waals surface area contributed by atoms with Crippen LogP contribution >= 0.6 is 0 Å². The molecule has 3 rings (SSSR count). The maximum Gasteiger partial charge on any atom is 0.274 e. The number of amides is 2. The second kappa shape index (κ2) is 7.19. The lowest BCUT2D eigenvalue weighted by Crippen LogP contribution is -2.50. The van der Waals surface area contributed by atoms with E-state index in [0.717, 1.165) is 22.6 Å². The molecule has 0 aliphatic carbocycles. The summed E-state index contributed by atoms with van der Waals surface area (Å²) < 4.78 is 7.16. The molecule has 0 radical (unpaired) electrons. The fourth-order valence-electron chi connectivity index (χ4n) is 3.23. The molecule has 0 spiro atoms. The molecule has 7 heteroatoms. The molecule has 1 aliphatic heterocycles. The molecule has 26 heavy (non-hydrogen) atoms.